The lowest BCUT2D eigenvalue weighted by Gasteiger charge is -2.23. The van der Waals surface area contributed by atoms with Gasteiger partial charge in [-0.1, -0.05) is 38.1 Å². The molecular weight excluding hydrogens is 527 g/mol. The van der Waals surface area contributed by atoms with E-state index in [0.717, 1.165) is 11.6 Å². The summed E-state index contributed by atoms with van der Waals surface area (Å²) in [5, 5.41) is 0.306. The number of rotatable bonds is 6. The van der Waals surface area contributed by atoms with E-state index in [0.29, 0.717) is 16.5 Å². The molecule has 1 aliphatic rings. The zero-order valence-corrected chi connectivity index (χ0v) is 22.2. The van der Waals surface area contributed by atoms with E-state index < -0.39 is 29.8 Å². The first-order valence-electron chi connectivity index (χ1n) is 12.7. The van der Waals surface area contributed by atoms with Crippen LogP contribution in [0.4, 0.5) is 13.2 Å². The van der Waals surface area contributed by atoms with Crippen LogP contribution in [-0.2, 0) is 22.3 Å². The van der Waals surface area contributed by atoms with Crippen LogP contribution in [0.3, 0.4) is 0 Å². The van der Waals surface area contributed by atoms with Gasteiger partial charge in [0.2, 0.25) is 5.89 Å². The molecule has 40 heavy (non-hydrogen) atoms. The normalized spacial score (nSPS) is 15.0. The molecule has 4 aromatic rings. The molecule has 0 saturated heterocycles. The number of esters is 1. The highest BCUT2D eigenvalue weighted by molar-refractivity contribution is 6.00. The van der Waals surface area contributed by atoms with Gasteiger partial charge in [-0.25, -0.2) is 14.8 Å². The minimum Gasteiger partial charge on any atom is -0.494 e. The van der Waals surface area contributed by atoms with Crippen LogP contribution in [0.5, 0.6) is 5.75 Å². The summed E-state index contributed by atoms with van der Waals surface area (Å²) in [6.45, 7) is 5.67. The number of pyridine rings is 1. The van der Waals surface area contributed by atoms with Crippen LogP contribution < -0.4 is 4.74 Å². The molecule has 1 unspecified atom stereocenters. The van der Waals surface area contributed by atoms with Gasteiger partial charge >= 0.3 is 12.1 Å². The molecule has 208 valence electrons. The van der Waals surface area contributed by atoms with Gasteiger partial charge < -0.3 is 18.8 Å². The van der Waals surface area contributed by atoms with Crippen molar-refractivity contribution in [1.82, 2.24) is 14.9 Å². The number of fused-ring (bicyclic) bond motifs is 2. The average Bonchev–Trinajstić information content (AvgIpc) is 3.54. The Morgan fingerprint density at radius 2 is 1.85 bits per heavy atom. The zero-order chi connectivity index (χ0) is 28.8. The second-order valence-corrected chi connectivity index (χ2v) is 9.58. The summed E-state index contributed by atoms with van der Waals surface area (Å²) >= 11 is 0. The highest BCUT2D eigenvalue weighted by Gasteiger charge is 2.42. The Morgan fingerprint density at radius 1 is 1.10 bits per heavy atom. The summed E-state index contributed by atoms with van der Waals surface area (Å²) < 4.78 is 56.8. The molecule has 2 aromatic carbocycles. The second kappa shape index (κ2) is 10.3. The molecule has 1 amide bonds. The number of aromatic nitrogens is 2. The van der Waals surface area contributed by atoms with Gasteiger partial charge in [0, 0.05) is 23.4 Å². The third kappa shape index (κ3) is 4.65. The van der Waals surface area contributed by atoms with Crippen molar-refractivity contribution in [1.29, 1.82) is 0 Å². The topological polar surface area (TPSA) is 94.8 Å². The molecule has 0 bridgehead atoms. The quantitative estimate of drug-likeness (QED) is 0.259. The van der Waals surface area contributed by atoms with E-state index in [9.17, 15) is 22.8 Å². The molecule has 8 nitrogen and oxygen atoms in total. The van der Waals surface area contributed by atoms with Gasteiger partial charge in [-0.15, -0.1) is 0 Å². The molecule has 1 atom stereocenters. The molecule has 0 saturated carbocycles. The second-order valence-electron chi connectivity index (χ2n) is 9.58. The highest BCUT2D eigenvalue weighted by atomic mass is 19.4. The molecule has 1 aliphatic heterocycles. The molecule has 0 radical (unpaired) electrons. The van der Waals surface area contributed by atoms with E-state index in [2.05, 4.69) is 9.97 Å². The van der Waals surface area contributed by atoms with E-state index in [-0.39, 0.29) is 47.7 Å². The van der Waals surface area contributed by atoms with Gasteiger partial charge in [-0.3, -0.25) is 4.79 Å². The lowest BCUT2D eigenvalue weighted by Crippen LogP contribution is -2.35. The fourth-order valence-corrected chi connectivity index (χ4v) is 4.88. The number of halogens is 3. The van der Waals surface area contributed by atoms with Gasteiger partial charge in [0.1, 0.15) is 22.7 Å². The van der Waals surface area contributed by atoms with Gasteiger partial charge in [-0.05, 0) is 42.3 Å². The summed E-state index contributed by atoms with van der Waals surface area (Å²) in [7, 11) is 1.34. The smallest absolute Gasteiger partial charge is 0.433 e. The van der Waals surface area contributed by atoms with Gasteiger partial charge in [0.15, 0.2) is 11.7 Å². The van der Waals surface area contributed by atoms with E-state index in [1.54, 1.807) is 25.1 Å². The first kappa shape index (κ1) is 27.2. The van der Waals surface area contributed by atoms with Crippen LogP contribution in [0.25, 0.3) is 22.4 Å². The number of amides is 1. The third-order valence-corrected chi connectivity index (χ3v) is 6.71. The number of ether oxygens (including phenoxy) is 2. The highest BCUT2D eigenvalue weighted by Crippen LogP contribution is 2.40. The van der Waals surface area contributed by atoms with Crippen LogP contribution in [0.1, 0.15) is 65.8 Å². The standard InChI is InChI=1S/C29H26F3N3O5/c1-5-39-28(37)24-17-9-7-6-8-16(17)14-35(24)27(36)23-25(15(2)3)40-26(34-23)19-10-12-20(38-4)22-18(19)11-13-21(33-22)29(30,31)32/h6-13,15,24H,5,14H2,1-4H3. The van der Waals surface area contributed by atoms with Crippen molar-refractivity contribution in [3.05, 3.63) is 76.8 Å². The number of hydrogen-bond donors (Lipinski definition) is 0. The van der Waals surface area contributed by atoms with Crippen molar-refractivity contribution in [3.8, 4) is 17.2 Å². The summed E-state index contributed by atoms with van der Waals surface area (Å²) in [6, 6.07) is 11.5. The first-order valence-corrected chi connectivity index (χ1v) is 12.7. The van der Waals surface area contributed by atoms with Crippen LogP contribution in [-0.4, -0.2) is 40.5 Å². The van der Waals surface area contributed by atoms with Crippen molar-refractivity contribution in [3.63, 3.8) is 0 Å². The minimum atomic E-state index is -4.65. The molecule has 0 spiro atoms. The summed E-state index contributed by atoms with van der Waals surface area (Å²) in [5.74, 6) is -0.894. The Labute approximate surface area is 227 Å². The maximum Gasteiger partial charge on any atom is 0.433 e. The summed E-state index contributed by atoms with van der Waals surface area (Å²) in [6.07, 6.45) is -4.65. The number of hydrogen-bond acceptors (Lipinski definition) is 7. The van der Waals surface area contributed by atoms with Crippen LogP contribution in [0.2, 0.25) is 0 Å². The number of methoxy groups -OCH3 is 1. The van der Waals surface area contributed by atoms with Gasteiger partial charge in [-0.2, -0.15) is 13.2 Å². The predicted molar refractivity (Wildman–Crippen MR) is 139 cm³/mol. The molecule has 5 rings (SSSR count). The Bertz CT molecular complexity index is 1610. The Kier molecular flexibility index (Phi) is 6.99. The Hall–Kier alpha value is -4.41. The zero-order valence-electron chi connectivity index (χ0n) is 22.2. The van der Waals surface area contributed by atoms with Crippen molar-refractivity contribution in [2.45, 2.75) is 45.5 Å². The third-order valence-electron chi connectivity index (χ3n) is 6.71. The average molecular weight is 554 g/mol. The summed E-state index contributed by atoms with van der Waals surface area (Å²) in [4.78, 5) is 36.6. The fourth-order valence-electron chi connectivity index (χ4n) is 4.88. The number of alkyl halides is 3. The van der Waals surface area contributed by atoms with Gasteiger partial charge in [0.25, 0.3) is 5.91 Å². The lowest BCUT2D eigenvalue weighted by molar-refractivity contribution is -0.148. The fraction of sp³-hybridized carbons (Fsp3) is 0.310. The van der Waals surface area contributed by atoms with Crippen LogP contribution >= 0.6 is 0 Å². The van der Waals surface area contributed by atoms with E-state index in [1.807, 2.05) is 26.0 Å². The Balaban J connectivity index is 1.61. The predicted octanol–water partition coefficient (Wildman–Crippen LogP) is 6.30. The van der Waals surface area contributed by atoms with Gasteiger partial charge in [0.05, 0.1) is 13.7 Å². The lowest BCUT2D eigenvalue weighted by atomic mass is 10.0. The maximum absolute atomic E-state index is 14.0. The number of carbonyl (C=O) groups is 2. The van der Waals surface area contributed by atoms with Crippen molar-refractivity contribution < 1.29 is 36.7 Å². The summed E-state index contributed by atoms with van der Waals surface area (Å²) in [5.41, 5.74) is 0.748. The molecule has 0 fully saturated rings. The van der Waals surface area contributed by atoms with Crippen molar-refractivity contribution in [2.75, 3.05) is 13.7 Å². The molecular formula is C29H26F3N3O5. The maximum atomic E-state index is 14.0. The van der Waals surface area contributed by atoms with E-state index in [4.69, 9.17) is 13.9 Å². The van der Waals surface area contributed by atoms with Crippen LogP contribution in [0.15, 0.2) is 52.9 Å². The molecule has 0 aliphatic carbocycles. The molecule has 0 N–H and O–H groups in total. The van der Waals surface area contributed by atoms with Crippen LogP contribution in [0, 0.1) is 0 Å². The Morgan fingerprint density at radius 3 is 2.52 bits per heavy atom. The SMILES string of the molecule is CCOC(=O)C1c2ccccc2CN1C(=O)c1nc(-c2ccc(OC)c3nc(C(F)(F)F)ccc23)oc1C(C)C. The number of carbonyl (C=O) groups excluding carboxylic acids is 2. The van der Waals surface area contributed by atoms with Crippen molar-refractivity contribution >= 4 is 22.8 Å². The number of benzene rings is 2. The largest absolute Gasteiger partial charge is 0.494 e. The number of oxazole rings is 1. The molecule has 2 aromatic heterocycles. The van der Waals surface area contributed by atoms with E-state index >= 15 is 0 Å². The molecule has 11 heteroatoms. The van der Waals surface area contributed by atoms with E-state index in [1.165, 1.54) is 24.1 Å². The first-order chi connectivity index (χ1) is 19.0. The minimum absolute atomic E-state index is 0.0101. The number of nitrogens with zero attached hydrogens (tertiary/aromatic N) is 3. The monoisotopic (exact) mass is 553 g/mol. The van der Waals surface area contributed by atoms with Crippen molar-refractivity contribution in [2.24, 2.45) is 0 Å². The molecule has 3 heterocycles.